The Labute approximate surface area is 158 Å². The summed E-state index contributed by atoms with van der Waals surface area (Å²) < 4.78 is 122. The van der Waals surface area contributed by atoms with Crippen LogP contribution in [0.3, 0.4) is 0 Å². The fraction of sp³-hybridized carbons (Fsp3) is 1.00. The molecule has 0 amide bonds. The summed E-state index contributed by atoms with van der Waals surface area (Å²) in [6.45, 7) is -0.668. The Bertz CT molecular complexity index is 429. The van der Waals surface area contributed by atoms with E-state index in [1.807, 2.05) is 0 Å². The van der Waals surface area contributed by atoms with Gasteiger partial charge >= 0.3 is 29.6 Å². The van der Waals surface area contributed by atoms with Crippen LogP contribution >= 0.6 is 0 Å². The smallest absolute Gasteiger partial charge is 0.748 e. The molecule has 0 fully saturated rings. The van der Waals surface area contributed by atoms with E-state index in [4.69, 9.17) is 0 Å². The van der Waals surface area contributed by atoms with Gasteiger partial charge in [-0.25, -0.2) is 34.8 Å². The van der Waals surface area contributed by atoms with Crippen molar-refractivity contribution in [3.05, 3.63) is 0 Å². The van der Waals surface area contributed by atoms with E-state index in [0.29, 0.717) is 0 Å². The summed E-state index contributed by atoms with van der Waals surface area (Å²) >= 11 is 0. The Morgan fingerprint density at radius 3 is 1.62 bits per heavy atom. The van der Waals surface area contributed by atoms with Crippen molar-refractivity contribution in [1.82, 2.24) is 0 Å². The van der Waals surface area contributed by atoms with Gasteiger partial charge in [-0.05, 0) is 12.8 Å². The van der Waals surface area contributed by atoms with E-state index in [1.54, 1.807) is 0 Å². The van der Waals surface area contributed by atoms with Crippen molar-refractivity contribution in [1.29, 1.82) is 0 Å². The van der Waals surface area contributed by atoms with Gasteiger partial charge in [0.1, 0.15) is 12.3 Å². The molecule has 0 bridgehead atoms. The van der Waals surface area contributed by atoms with Crippen molar-refractivity contribution in [3.63, 3.8) is 0 Å². The fourth-order valence-electron chi connectivity index (χ4n) is 1.81. The van der Waals surface area contributed by atoms with E-state index < -0.39 is 66.0 Å². The van der Waals surface area contributed by atoms with Crippen molar-refractivity contribution in [2.45, 2.75) is 62.7 Å². The molecule has 0 aliphatic rings. The van der Waals surface area contributed by atoms with Gasteiger partial charge < -0.3 is 4.55 Å². The SMILES string of the molecule is O=S(=O)([O-])CC(F)C(F)C(F)C(F)C(F)C(F)CCCCCF.[Na+]. The molecular formula is C12H18F7NaO3S. The Morgan fingerprint density at radius 2 is 1.21 bits per heavy atom. The minimum Gasteiger partial charge on any atom is -0.748 e. The van der Waals surface area contributed by atoms with E-state index >= 15 is 0 Å². The maximum Gasteiger partial charge on any atom is 1.00 e. The van der Waals surface area contributed by atoms with Crippen LogP contribution < -0.4 is 29.6 Å². The average Bonchev–Trinajstić information content (AvgIpc) is 2.46. The van der Waals surface area contributed by atoms with Crippen LogP contribution in [0, 0.1) is 0 Å². The summed E-state index contributed by atoms with van der Waals surface area (Å²) in [6.07, 6.45) is -19.3. The van der Waals surface area contributed by atoms with Crippen LogP contribution in [-0.2, 0) is 10.1 Å². The van der Waals surface area contributed by atoms with Crippen LogP contribution in [0.15, 0.2) is 0 Å². The standard InChI is InChI=1S/C12H19F7O3S.Na/c13-5-3-1-2-4-7(14)9(16)11(18)12(19)10(17)8(15)6-23(20,21)22;/h7-12H,1-6H2,(H,20,21,22);/q;+1/p-1. The third kappa shape index (κ3) is 10.4. The average molecular weight is 398 g/mol. The first-order valence-corrected chi connectivity index (χ1v) is 8.43. The molecule has 6 atom stereocenters. The van der Waals surface area contributed by atoms with Crippen LogP contribution in [-0.4, -0.2) is 62.4 Å². The summed E-state index contributed by atoms with van der Waals surface area (Å²) in [5.74, 6) is -1.94. The van der Waals surface area contributed by atoms with Gasteiger partial charge in [-0.2, -0.15) is 0 Å². The third-order valence-corrected chi connectivity index (χ3v) is 3.81. The van der Waals surface area contributed by atoms with Gasteiger partial charge in [-0.1, -0.05) is 12.8 Å². The van der Waals surface area contributed by atoms with Crippen molar-refractivity contribution in [2.75, 3.05) is 12.4 Å². The normalized spacial score (nSPS) is 19.7. The van der Waals surface area contributed by atoms with Gasteiger partial charge in [-0.15, -0.1) is 0 Å². The molecule has 12 heteroatoms. The maximum absolute atomic E-state index is 13.4. The summed E-state index contributed by atoms with van der Waals surface area (Å²) in [6, 6.07) is 0. The molecule has 0 saturated heterocycles. The monoisotopic (exact) mass is 398 g/mol. The Kier molecular flexibility index (Phi) is 14.1. The van der Waals surface area contributed by atoms with Crippen LogP contribution in [0.1, 0.15) is 25.7 Å². The largest absolute Gasteiger partial charge is 1.00 e. The van der Waals surface area contributed by atoms with Gasteiger partial charge in [0.15, 0.2) is 24.7 Å². The number of rotatable bonds is 12. The zero-order valence-electron chi connectivity index (χ0n) is 13.0. The molecule has 0 N–H and O–H groups in total. The molecule has 0 radical (unpaired) electrons. The first-order chi connectivity index (χ1) is 10.5. The number of alkyl halides is 7. The number of unbranched alkanes of at least 4 members (excludes halogenated alkanes) is 2. The summed E-state index contributed by atoms with van der Waals surface area (Å²) in [5.41, 5.74) is 0. The van der Waals surface area contributed by atoms with Crippen LogP contribution in [0.4, 0.5) is 30.7 Å². The molecule has 0 aliphatic carbocycles. The number of hydrogen-bond donors (Lipinski definition) is 0. The zero-order chi connectivity index (χ0) is 18.2. The van der Waals surface area contributed by atoms with E-state index in [2.05, 4.69) is 0 Å². The Morgan fingerprint density at radius 1 is 0.750 bits per heavy atom. The fourth-order valence-corrected chi connectivity index (χ4v) is 2.38. The van der Waals surface area contributed by atoms with Gasteiger partial charge in [0.05, 0.1) is 22.5 Å². The molecule has 0 aromatic rings. The minimum absolute atomic E-state index is 0. The van der Waals surface area contributed by atoms with Crippen molar-refractivity contribution < 1.29 is 73.3 Å². The predicted octanol–water partition coefficient (Wildman–Crippen LogP) is 0.0941. The third-order valence-electron chi connectivity index (χ3n) is 3.08. The van der Waals surface area contributed by atoms with E-state index in [-0.39, 0.29) is 48.8 Å². The van der Waals surface area contributed by atoms with Gasteiger partial charge in [-0.3, -0.25) is 4.39 Å². The molecular weight excluding hydrogens is 380 g/mol. The second kappa shape index (κ2) is 12.7. The van der Waals surface area contributed by atoms with Gasteiger partial charge in [0.2, 0.25) is 0 Å². The Balaban J connectivity index is 0. The summed E-state index contributed by atoms with van der Waals surface area (Å²) in [5, 5.41) is 0. The first kappa shape index (κ1) is 26.6. The van der Waals surface area contributed by atoms with Crippen molar-refractivity contribution in [3.8, 4) is 0 Å². The van der Waals surface area contributed by atoms with Gasteiger partial charge in [0.25, 0.3) is 0 Å². The molecule has 3 nitrogen and oxygen atoms in total. The van der Waals surface area contributed by atoms with Gasteiger partial charge in [0, 0.05) is 0 Å². The van der Waals surface area contributed by atoms with E-state index in [1.165, 1.54) is 0 Å². The molecule has 0 saturated carbocycles. The first-order valence-electron chi connectivity index (χ1n) is 6.85. The molecule has 0 rings (SSSR count). The molecule has 0 aliphatic heterocycles. The summed E-state index contributed by atoms with van der Waals surface area (Å²) in [7, 11) is -5.23. The van der Waals surface area contributed by atoms with Crippen molar-refractivity contribution in [2.24, 2.45) is 0 Å². The second-order valence-electron chi connectivity index (χ2n) is 5.07. The number of hydrogen-bond acceptors (Lipinski definition) is 3. The zero-order valence-corrected chi connectivity index (χ0v) is 15.8. The second-order valence-corrected chi connectivity index (χ2v) is 6.52. The molecule has 6 unspecified atom stereocenters. The molecule has 140 valence electrons. The molecule has 24 heavy (non-hydrogen) atoms. The summed E-state index contributed by atoms with van der Waals surface area (Å²) in [4.78, 5) is 0. The molecule has 0 aromatic carbocycles. The topological polar surface area (TPSA) is 57.2 Å². The predicted molar refractivity (Wildman–Crippen MR) is 68.4 cm³/mol. The van der Waals surface area contributed by atoms with Crippen LogP contribution in [0.25, 0.3) is 0 Å². The quantitative estimate of drug-likeness (QED) is 0.203. The molecule has 0 aromatic heterocycles. The van der Waals surface area contributed by atoms with Crippen LogP contribution in [0.5, 0.6) is 0 Å². The van der Waals surface area contributed by atoms with E-state index in [0.717, 1.165) is 0 Å². The van der Waals surface area contributed by atoms with Crippen LogP contribution in [0.2, 0.25) is 0 Å². The minimum atomic E-state index is -5.23. The Hall–Kier alpha value is 0.420. The number of halogens is 7. The molecule has 0 spiro atoms. The molecule has 0 heterocycles. The van der Waals surface area contributed by atoms with Crippen molar-refractivity contribution >= 4 is 10.1 Å². The maximum atomic E-state index is 13.4. The van der Waals surface area contributed by atoms with E-state index in [9.17, 15) is 43.7 Å².